The summed E-state index contributed by atoms with van der Waals surface area (Å²) < 4.78 is 11.1. The van der Waals surface area contributed by atoms with E-state index in [2.05, 4.69) is 23.5 Å². The molecule has 1 amide bonds. The molecule has 1 aromatic rings. The summed E-state index contributed by atoms with van der Waals surface area (Å²) in [6.45, 7) is 4.72. The first kappa shape index (κ1) is 17.1. The molecule has 0 heterocycles. The van der Waals surface area contributed by atoms with Crippen LogP contribution in [0.2, 0.25) is 0 Å². The molecule has 1 aliphatic rings. The minimum absolute atomic E-state index is 0.0745. The van der Waals surface area contributed by atoms with Crippen LogP contribution in [0.5, 0.6) is 5.75 Å². The number of para-hydroxylation sites is 1. The van der Waals surface area contributed by atoms with Gasteiger partial charge in [0.25, 0.3) is 0 Å². The molecule has 23 heavy (non-hydrogen) atoms. The molecule has 2 rings (SSSR count). The zero-order valence-electron chi connectivity index (χ0n) is 13.9. The predicted molar refractivity (Wildman–Crippen MR) is 91.7 cm³/mol. The lowest BCUT2D eigenvalue weighted by Crippen LogP contribution is -2.30. The highest BCUT2D eigenvalue weighted by atomic mass is 16.5. The second-order valence-electron chi connectivity index (χ2n) is 5.49. The normalized spacial score (nSPS) is 14.8. The maximum atomic E-state index is 11.4. The molecule has 124 valence electrons. The van der Waals surface area contributed by atoms with Gasteiger partial charge in [-0.2, -0.15) is 0 Å². The zero-order chi connectivity index (χ0) is 16.5. The highest BCUT2D eigenvalue weighted by molar-refractivity contribution is 5.66. The van der Waals surface area contributed by atoms with E-state index in [9.17, 15) is 4.79 Å². The average molecular weight is 315 g/mol. The summed E-state index contributed by atoms with van der Waals surface area (Å²) in [5.74, 6) is 0.883. The summed E-state index contributed by atoms with van der Waals surface area (Å²) >= 11 is 0. The van der Waals surface area contributed by atoms with Crippen LogP contribution in [0.25, 0.3) is 0 Å². The number of allylic oxidation sites excluding steroid dienone is 2. The van der Waals surface area contributed by atoms with Crippen LogP contribution in [0.4, 0.5) is 4.79 Å². The summed E-state index contributed by atoms with van der Waals surface area (Å²) in [6, 6.07) is 7.99. The van der Waals surface area contributed by atoms with Crippen LogP contribution in [0.1, 0.15) is 31.7 Å². The second kappa shape index (κ2) is 9.03. The molecule has 0 aliphatic heterocycles. The number of amides is 1. The largest absolute Gasteiger partial charge is 0.485 e. The summed E-state index contributed by atoms with van der Waals surface area (Å²) in [7, 11) is 0. The molecule has 0 bridgehead atoms. The maximum absolute atomic E-state index is 11.4. The fourth-order valence-electron chi connectivity index (χ4n) is 2.50. The molecule has 4 nitrogen and oxygen atoms in total. The molecule has 1 aliphatic carbocycles. The number of ether oxygens (including phenoxy) is 2. The van der Waals surface area contributed by atoms with Crippen molar-refractivity contribution >= 4 is 6.09 Å². The van der Waals surface area contributed by atoms with Crippen molar-refractivity contribution in [3.05, 3.63) is 53.6 Å². The van der Waals surface area contributed by atoms with E-state index in [-0.39, 0.29) is 12.2 Å². The number of rotatable bonds is 7. The number of carbonyl (C=O) groups excluding carboxylic acids is 1. The first-order valence-corrected chi connectivity index (χ1v) is 8.20. The molecule has 0 radical (unpaired) electrons. The van der Waals surface area contributed by atoms with Crippen LogP contribution in [0.3, 0.4) is 0 Å². The first-order valence-electron chi connectivity index (χ1n) is 8.20. The SMILES string of the molecule is CCOC(=O)NCCC(Oc1ccccc1C)C1=CCCC=C1. The Labute approximate surface area is 138 Å². The van der Waals surface area contributed by atoms with E-state index in [4.69, 9.17) is 9.47 Å². The van der Waals surface area contributed by atoms with E-state index in [1.807, 2.05) is 31.2 Å². The van der Waals surface area contributed by atoms with Gasteiger partial charge in [-0.1, -0.05) is 36.4 Å². The fraction of sp³-hybridized carbons (Fsp3) is 0.421. The number of hydrogen-bond donors (Lipinski definition) is 1. The third kappa shape index (κ3) is 5.47. The highest BCUT2D eigenvalue weighted by Crippen LogP contribution is 2.24. The highest BCUT2D eigenvalue weighted by Gasteiger charge is 2.17. The Morgan fingerprint density at radius 1 is 1.30 bits per heavy atom. The van der Waals surface area contributed by atoms with Gasteiger partial charge >= 0.3 is 6.09 Å². The van der Waals surface area contributed by atoms with Gasteiger partial charge in [-0.25, -0.2) is 4.79 Å². The van der Waals surface area contributed by atoms with Gasteiger partial charge in [0, 0.05) is 13.0 Å². The lowest BCUT2D eigenvalue weighted by Gasteiger charge is -2.23. The Bertz CT molecular complexity index is 578. The number of nitrogens with one attached hydrogen (secondary N) is 1. The third-order valence-electron chi connectivity index (χ3n) is 3.71. The van der Waals surface area contributed by atoms with E-state index in [1.165, 1.54) is 5.57 Å². The summed E-state index contributed by atoms with van der Waals surface area (Å²) in [4.78, 5) is 11.4. The molecule has 1 unspecified atom stereocenters. The van der Waals surface area contributed by atoms with Crippen molar-refractivity contribution in [3.8, 4) is 5.75 Å². The minimum atomic E-state index is -0.379. The molecule has 1 atom stereocenters. The number of hydrogen-bond acceptors (Lipinski definition) is 3. The summed E-state index contributed by atoms with van der Waals surface area (Å²) in [5, 5.41) is 2.76. The number of benzene rings is 1. The first-order chi connectivity index (χ1) is 11.2. The van der Waals surface area contributed by atoms with Gasteiger partial charge in [0.05, 0.1) is 6.61 Å². The van der Waals surface area contributed by atoms with Crippen LogP contribution < -0.4 is 10.1 Å². The molecule has 1 aromatic carbocycles. The molecular formula is C19H25NO3. The van der Waals surface area contributed by atoms with E-state index in [1.54, 1.807) is 6.92 Å². The van der Waals surface area contributed by atoms with Crippen molar-refractivity contribution in [2.75, 3.05) is 13.2 Å². The van der Waals surface area contributed by atoms with E-state index >= 15 is 0 Å². The minimum Gasteiger partial charge on any atom is -0.485 e. The predicted octanol–water partition coefficient (Wildman–Crippen LogP) is 4.16. The van der Waals surface area contributed by atoms with Crippen molar-refractivity contribution < 1.29 is 14.3 Å². The number of carbonyl (C=O) groups is 1. The third-order valence-corrected chi connectivity index (χ3v) is 3.71. The molecule has 0 saturated heterocycles. The van der Waals surface area contributed by atoms with Crippen LogP contribution in [-0.4, -0.2) is 25.3 Å². The van der Waals surface area contributed by atoms with Gasteiger partial charge in [0.2, 0.25) is 0 Å². The standard InChI is InChI=1S/C19H25NO3/c1-3-22-19(21)20-14-13-18(16-10-5-4-6-11-16)23-17-12-8-7-9-15(17)2/h5,7-12,18H,3-4,6,13-14H2,1-2H3,(H,20,21). The van der Waals surface area contributed by atoms with E-state index < -0.39 is 0 Å². The molecular weight excluding hydrogens is 290 g/mol. The van der Waals surface area contributed by atoms with Crippen LogP contribution >= 0.6 is 0 Å². The smallest absolute Gasteiger partial charge is 0.407 e. The second-order valence-corrected chi connectivity index (χ2v) is 5.49. The van der Waals surface area contributed by atoms with Crippen LogP contribution in [0.15, 0.2) is 48.1 Å². The summed E-state index contributed by atoms with van der Waals surface area (Å²) in [6.07, 6.45) is 8.85. The summed E-state index contributed by atoms with van der Waals surface area (Å²) in [5.41, 5.74) is 2.28. The monoisotopic (exact) mass is 315 g/mol. The van der Waals surface area contributed by atoms with Gasteiger partial charge < -0.3 is 14.8 Å². The average Bonchev–Trinajstić information content (AvgIpc) is 2.57. The lowest BCUT2D eigenvalue weighted by molar-refractivity contribution is 0.150. The van der Waals surface area contributed by atoms with Crippen molar-refractivity contribution in [2.45, 2.75) is 39.2 Å². The van der Waals surface area contributed by atoms with Crippen LogP contribution in [0, 0.1) is 6.92 Å². The quantitative estimate of drug-likeness (QED) is 0.822. The lowest BCUT2D eigenvalue weighted by atomic mass is 9.99. The van der Waals surface area contributed by atoms with Gasteiger partial charge in [-0.15, -0.1) is 0 Å². The Balaban J connectivity index is 2.00. The number of aryl methyl sites for hydroxylation is 1. The topological polar surface area (TPSA) is 47.6 Å². The van der Waals surface area contributed by atoms with Crippen molar-refractivity contribution in [2.24, 2.45) is 0 Å². The Morgan fingerprint density at radius 3 is 2.83 bits per heavy atom. The number of alkyl carbamates (subject to hydrolysis) is 1. The molecule has 0 aromatic heterocycles. The Kier molecular flexibility index (Phi) is 6.73. The molecule has 1 N–H and O–H groups in total. The Hall–Kier alpha value is -2.23. The van der Waals surface area contributed by atoms with Gasteiger partial charge in [-0.3, -0.25) is 0 Å². The van der Waals surface area contributed by atoms with E-state index in [0.29, 0.717) is 19.6 Å². The maximum Gasteiger partial charge on any atom is 0.407 e. The van der Waals surface area contributed by atoms with E-state index in [0.717, 1.165) is 24.2 Å². The van der Waals surface area contributed by atoms with Crippen LogP contribution in [-0.2, 0) is 4.74 Å². The van der Waals surface area contributed by atoms with Gasteiger partial charge in [-0.05, 0) is 43.9 Å². The zero-order valence-corrected chi connectivity index (χ0v) is 13.9. The molecule has 4 heteroatoms. The molecule has 0 spiro atoms. The van der Waals surface area contributed by atoms with Gasteiger partial charge in [0.15, 0.2) is 0 Å². The fourth-order valence-corrected chi connectivity index (χ4v) is 2.50. The van der Waals surface area contributed by atoms with Crippen molar-refractivity contribution in [1.29, 1.82) is 0 Å². The van der Waals surface area contributed by atoms with Crippen molar-refractivity contribution in [1.82, 2.24) is 5.32 Å². The van der Waals surface area contributed by atoms with Crippen molar-refractivity contribution in [3.63, 3.8) is 0 Å². The molecule has 0 saturated carbocycles. The molecule has 0 fully saturated rings. The van der Waals surface area contributed by atoms with Gasteiger partial charge in [0.1, 0.15) is 11.9 Å². The Morgan fingerprint density at radius 2 is 2.13 bits per heavy atom.